The van der Waals surface area contributed by atoms with Gasteiger partial charge in [0.15, 0.2) is 5.69 Å². The smallest absolute Gasteiger partial charge is 0.250 e. The summed E-state index contributed by atoms with van der Waals surface area (Å²) in [5.74, 6) is -0.440. The van der Waals surface area contributed by atoms with Crippen LogP contribution in [0.15, 0.2) is 53.4 Å². The maximum atomic E-state index is 13.2. The fraction of sp³-hybridized carbons (Fsp3) is 0.444. The van der Waals surface area contributed by atoms with E-state index in [-0.39, 0.29) is 10.8 Å². The van der Waals surface area contributed by atoms with Gasteiger partial charge in [0.2, 0.25) is 15.9 Å². The van der Waals surface area contributed by atoms with E-state index in [1.807, 2.05) is 0 Å². The van der Waals surface area contributed by atoms with Gasteiger partial charge in [0.05, 0.1) is 11.5 Å². The van der Waals surface area contributed by atoms with Crippen molar-refractivity contribution >= 4 is 33.2 Å². The summed E-state index contributed by atoms with van der Waals surface area (Å²) in [6, 6.07) is 11.6. The molecule has 3 rings (SSSR count). The van der Waals surface area contributed by atoms with Gasteiger partial charge in [-0.05, 0) is 63.4 Å². The van der Waals surface area contributed by atoms with E-state index < -0.39 is 27.5 Å². The van der Waals surface area contributed by atoms with Crippen molar-refractivity contribution in [2.45, 2.75) is 75.8 Å². The molecule has 2 amide bonds. The Balaban J connectivity index is 1.75. The van der Waals surface area contributed by atoms with Gasteiger partial charge < -0.3 is 10.6 Å². The van der Waals surface area contributed by atoms with Crippen molar-refractivity contribution in [1.82, 2.24) is 10.0 Å². The lowest BCUT2D eigenvalue weighted by Crippen LogP contribution is -2.45. The van der Waals surface area contributed by atoms with E-state index >= 15 is 0 Å². The second-order valence-corrected chi connectivity index (χ2v) is 12.0. The van der Waals surface area contributed by atoms with Crippen molar-refractivity contribution in [1.29, 1.82) is 0 Å². The van der Waals surface area contributed by atoms with E-state index in [1.54, 1.807) is 39.0 Å². The van der Waals surface area contributed by atoms with Gasteiger partial charge in [-0.25, -0.2) is 18.0 Å². The summed E-state index contributed by atoms with van der Waals surface area (Å²) >= 11 is 0. The van der Waals surface area contributed by atoms with Gasteiger partial charge in [-0.2, -0.15) is 0 Å². The Morgan fingerprint density at radius 1 is 1.06 bits per heavy atom. The highest BCUT2D eigenvalue weighted by Gasteiger charge is 2.27. The van der Waals surface area contributed by atoms with Gasteiger partial charge in [-0.15, -0.1) is 0 Å². The van der Waals surface area contributed by atoms with Crippen LogP contribution in [0, 0.1) is 12.5 Å². The van der Waals surface area contributed by atoms with Crippen LogP contribution in [-0.4, -0.2) is 31.8 Å². The minimum absolute atomic E-state index is 0.0992. The van der Waals surface area contributed by atoms with Crippen LogP contribution in [0.25, 0.3) is 4.85 Å². The quantitative estimate of drug-likeness (QED) is 0.433. The topological polar surface area (TPSA) is 109 Å². The summed E-state index contributed by atoms with van der Waals surface area (Å²) < 4.78 is 27.7. The van der Waals surface area contributed by atoms with Gasteiger partial charge in [0, 0.05) is 16.8 Å². The lowest BCUT2D eigenvalue weighted by Gasteiger charge is -2.26. The molecule has 0 heterocycles. The summed E-state index contributed by atoms with van der Waals surface area (Å²) in [6.07, 6.45) is 5.95. The fourth-order valence-corrected chi connectivity index (χ4v) is 5.77. The summed E-state index contributed by atoms with van der Waals surface area (Å²) in [6.45, 7) is 12.5. The number of rotatable bonds is 8. The third-order valence-corrected chi connectivity index (χ3v) is 7.80. The van der Waals surface area contributed by atoms with E-state index in [9.17, 15) is 18.0 Å². The molecule has 0 aromatic heterocycles. The number of amides is 2. The first-order valence-corrected chi connectivity index (χ1v) is 13.7. The van der Waals surface area contributed by atoms with Crippen LogP contribution in [0.3, 0.4) is 0 Å². The molecule has 0 saturated heterocycles. The molecule has 1 unspecified atom stereocenters. The predicted molar refractivity (Wildman–Crippen MR) is 140 cm³/mol. The molecule has 0 aliphatic heterocycles. The molecule has 2 aromatic carbocycles. The van der Waals surface area contributed by atoms with E-state index in [0.29, 0.717) is 29.3 Å². The molecule has 0 radical (unpaired) electrons. The van der Waals surface area contributed by atoms with Gasteiger partial charge >= 0.3 is 0 Å². The maximum absolute atomic E-state index is 13.2. The van der Waals surface area contributed by atoms with Crippen LogP contribution >= 0.6 is 0 Å². The van der Waals surface area contributed by atoms with Crippen molar-refractivity contribution in [3.8, 4) is 0 Å². The number of nitrogens with one attached hydrogen (secondary N) is 3. The molecule has 0 bridgehead atoms. The highest BCUT2D eigenvalue weighted by molar-refractivity contribution is 7.89. The minimum Gasteiger partial charge on any atom is -0.340 e. The van der Waals surface area contributed by atoms with Crippen molar-refractivity contribution in [3.05, 3.63) is 65.5 Å². The normalized spacial score (nSPS) is 15.5. The standard InChI is InChI=1S/C27H34N4O4S/c1-27(2,3)31-36(34,35)23-15-13-21(14-16-23)29-26(33)24(17-19-9-6-5-7-10-19)30-25(32)20-11-8-12-22(18-20)28-4/h8,11-16,18-19,24,31H,5-7,9-10,17H2,1-3H3,(H,29,33)(H,30,32). The monoisotopic (exact) mass is 510 g/mol. The second-order valence-electron chi connectivity index (χ2n) is 10.3. The number of hydrogen-bond acceptors (Lipinski definition) is 4. The Morgan fingerprint density at radius 3 is 2.33 bits per heavy atom. The van der Waals surface area contributed by atoms with Gasteiger partial charge in [-0.3, -0.25) is 9.59 Å². The van der Waals surface area contributed by atoms with Crippen molar-refractivity contribution in [2.75, 3.05) is 5.32 Å². The average Bonchev–Trinajstić information content (AvgIpc) is 2.83. The van der Waals surface area contributed by atoms with Crippen molar-refractivity contribution in [2.24, 2.45) is 5.92 Å². The Kier molecular flexibility index (Phi) is 8.88. The van der Waals surface area contributed by atoms with Crippen LogP contribution in [0.1, 0.15) is 69.7 Å². The number of anilines is 1. The van der Waals surface area contributed by atoms with Crippen molar-refractivity contribution in [3.63, 3.8) is 0 Å². The van der Waals surface area contributed by atoms with Gasteiger partial charge in [0.25, 0.3) is 5.91 Å². The van der Waals surface area contributed by atoms with Gasteiger partial charge in [0.1, 0.15) is 6.04 Å². The first-order valence-electron chi connectivity index (χ1n) is 12.2. The third-order valence-electron chi connectivity index (χ3n) is 6.03. The highest BCUT2D eigenvalue weighted by atomic mass is 32.2. The summed E-state index contributed by atoms with van der Waals surface area (Å²) in [4.78, 5) is 29.6. The molecule has 36 heavy (non-hydrogen) atoms. The van der Waals surface area contributed by atoms with Crippen LogP contribution < -0.4 is 15.4 Å². The molecule has 192 valence electrons. The lowest BCUT2D eigenvalue weighted by atomic mass is 9.84. The average molecular weight is 511 g/mol. The number of carbonyl (C=O) groups excluding carboxylic acids is 2. The summed E-state index contributed by atoms with van der Waals surface area (Å²) in [7, 11) is -3.69. The molecule has 1 saturated carbocycles. The number of nitrogens with zero attached hydrogens (tertiary/aromatic N) is 1. The maximum Gasteiger partial charge on any atom is 0.250 e. The molecule has 3 N–H and O–H groups in total. The predicted octanol–water partition coefficient (Wildman–Crippen LogP) is 5.02. The van der Waals surface area contributed by atoms with Crippen LogP contribution in [0.2, 0.25) is 0 Å². The second kappa shape index (κ2) is 11.7. The number of carbonyl (C=O) groups is 2. The molecule has 9 heteroatoms. The third kappa shape index (κ3) is 7.90. The Morgan fingerprint density at radius 2 is 1.72 bits per heavy atom. The zero-order valence-corrected chi connectivity index (χ0v) is 21.8. The first kappa shape index (κ1) is 27.4. The molecule has 1 aliphatic rings. The van der Waals surface area contributed by atoms with Crippen LogP contribution in [-0.2, 0) is 14.8 Å². The number of hydrogen-bond donors (Lipinski definition) is 3. The van der Waals surface area contributed by atoms with E-state index in [4.69, 9.17) is 6.57 Å². The van der Waals surface area contributed by atoms with E-state index in [1.165, 1.54) is 36.8 Å². The zero-order chi connectivity index (χ0) is 26.3. The lowest BCUT2D eigenvalue weighted by molar-refractivity contribution is -0.118. The molecule has 8 nitrogen and oxygen atoms in total. The highest BCUT2D eigenvalue weighted by Crippen LogP contribution is 2.28. The molecule has 2 aromatic rings. The molecular formula is C27H34N4O4S. The zero-order valence-electron chi connectivity index (χ0n) is 21.0. The van der Waals surface area contributed by atoms with Gasteiger partial charge in [-0.1, -0.05) is 50.3 Å². The Labute approximate surface area is 213 Å². The van der Waals surface area contributed by atoms with Crippen LogP contribution in [0.4, 0.5) is 11.4 Å². The Hall–Kier alpha value is -3.22. The molecular weight excluding hydrogens is 476 g/mol. The first-order chi connectivity index (χ1) is 17.0. The Bertz CT molecular complexity index is 1220. The number of benzene rings is 2. The minimum atomic E-state index is -3.69. The van der Waals surface area contributed by atoms with E-state index in [0.717, 1.165) is 25.7 Å². The summed E-state index contributed by atoms with van der Waals surface area (Å²) in [5.41, 5.74) is 0.496. The SMILES string of the molecule is [C-]#[N+]c1cccc(C(=O)NC(CC2CCCCC2)C(=O)Nc2ccc(S(=O)(=O)NC(C)(C)C)cc2)c1. The molecule has 1 fully saturated rings. The van der Waals surface area contributed by atoms with Crippen LogP contribution in [0.5, 0.6) is 0 Å². The summed E-state index contributed by atoms with van der Waals surface area (Å²) in [5, 5.41) is 5.67. The fourth-order valence-electron chi connectivity index (χ4n) is 4.35. The van der Waals surface area contributed by atoms with E-state index in [2.05, 4.69) is 20.2 Å². The molecule has 0 spiro atoms. The largest absolute Gasteiger partial charge is 0.340 e. The molecule has 1 atom stereocenters. The van der Waals surface area contributed by atoms with Crippen molar-refractivity contribution < 1.29 is 18.0 Å². The number of sulfonamides is 1. The molecule has 1 aliphatic carbocycles.